The van der Waals surface area contributed by atoms with Crippen LogP contribution in [-0.4, -0.2) is 24.8 Å². The van der Waals surface area contributed by atoms with Gasteiger partial charge >= 0.3 is 0 Å². The van der Waals surface area contributed by atoms with Crippen LogP contribution in [0.2, 0.25) is 0 Å². The standard InChI is InChI=1S/C13H16F2N2O/c1-2-3-4-17(5-6-18)13-11(14)7-10(9-16)8-12(13)15/h7-8,18H,2-6H2,1H3. The maximum atomic E-state index is 13.8. The minimum atomic E-state index is -0.767. The summed E-state index contributed by atoms with van der Waals surface area (Å²) in [5.41, 5.74) is -0.218. The van der Waals surface area contributed by atoms with E-state index in [4.69, 9.17) is 10.4 Å². The van der Waals surface area contributed by atoms with Crippen molar-refractivity contribution in [1.29, 1.82) is 5.26 Å². The molecule has 1 aromatic rings. The highest BCUT2D eigenvalue weighted by atomic mass is 19.1. The Morgan fingerprint density at radius 3 is 2.33 bits per heavy atom. The number of hydrogen-bond donors (Lipinski definition) is 1. The minimum absolute atomic E-state index is 0.0480. The highest BCUT2D eigenvalue weighted by Gasteiger charge is 2.17. The van der Waals surface area contributed by atoms with E-state index in [1.165, 1.54) is 4.90 Å². The van der Waals surface area contributed by atoms with Crippen LogP contribution in [0.3, 0.4) is 0 Å². The maximum absolute atomic E-state index is 13.8. The SMILES string of the molecule is CCCCN(CCO)c1c(F)cc(C#N)cc1F. The zero-order chi connectivity index (χ0) is 13.5. The van der Waals surface area contributed by atoms with Crippen LogP contribution < -0.4 is 4.90 Å². The molecule has 0 saturated carbocycles. The summed E-state index contributed by atoms with van der Waals surface area (Å²) >= 11 is 0. The van der Waals surface area contributed by atoms with Crippen molar-refractivity contribution >= 4 is 5.69 Å². The third-order valence-electron chi connectivity index (χ3n) is 2.61. The van der Waals surface area contributed by atoms with Gasteiger partial charge in [0.2, 0.25) is 0 Å². The van der Waals surface area contributed by atoms with Crippen LogP contribution in [0, 0.1) is 23.0 Å². The molecule has 1 aromatic carbocycles. The Hall–Kier alpha value is -1.67. The molecule has 0 amide bonds. The van der Waals surface area contributed by atoms with Crippen molar-refractivity contribution in [2.75, 3.05) is 24.6 Å². The Morgan fingerprint density at radius 1 is 1.28 bits per heavy atom. The molecule has 0 aliphatic carbocycles. The predicted octanol–water partition coefficient (Wildman–Crippen LogP) is 2.44. The van der Waals surface area contributed by atoms with E-state index in [-0.39, 0.29) is 24.4 Å². The molecule has 0 heterocycles. The van der Waals surface area contributed by atoms with Crippen molar-refractivity contribution in [2.45, 2.75) is 19.8 Å². The third kappa shape index (κ3) is 3.41. The second kappa shape index (κ2) is 6.92. The van der Waals surface area contributed by atoms with Gasteiger partial charge in [0.15, 0.2) is 11.6 Å². The van der Waals surface area contributed by atoms with Crippen molar-refractivity contribution in [3.63, 3.8) is 0 Å². The van der Waals surface area contributed by atoms with Gasteiger partial charge in [0.1, 0.15) is 5.69 Å². The summed E-state index contributed by atoms with van der Waals surface area (Å²) in [7, 11) is 0. The van der Waals surface area contributed by atoms with E-state index in [1.807, 2.05) is 6.92 Å². The average Bonchev–Trinajstić information content (AvgIpc) is 2.34. The lowest BCUT2D eigenvalue weighted by Crippen LogP contribution is -2.29. The fraction of sp³-hybridized carbons (Fsp3) is 0.462. The molecule has 1 N–H and O–H groups in total. The number of nitriles is 1. The van der Waals surface area contributed by atoms with Gasteiger partial charge in [-0.2, -0.15) is 5.26 Å². The van der Waals surface area contributed by atoms with Crippen molar-refractivity contribution < 1.29 is 13.9 Å². The van der Waals surface area contributed by atoms with Crippen LogP contribution in [0.1, 0.15) is 25.3 Å². The molecule has 0 spiro atoms. The Bertz CT molecular complexity index is 420. The zero-order valence-electron chi connectivity index (χ0n) is 10.3. The van der Waals surface area contributed by atoms with E-state index in [1.54, 1.807) is 6.07 Å². The highest BCUT2D eigenvalue weighted by molar-refractivity contribution is 5.52. The number of rotatable bonds is 6. The quantitative estimate of drug-likeness (QED) is 0.848. The first-order valence-electron chi connectivity index (χ1n) is 5.89. The van der Waals surface area contributed by atoms with Crippen LogP contribution in [0.15, 0.2) is 12.1 Å². The van der Waals surface area contributed by atoms with E-state index in [0.29, 0.717) is 6.54 Å². The Labute approximate surface area is 105 Å². The first-order valence-corrected chi connectivity index (χ1v) is 5.89. The van der Waals surface area contributed by atoms with Gasteiger partial charge in [0, 0.05) is 13.1 Å². The second-order valence-corrected chi connectivity index (χ2v) is 3.96. The predicted molar refractivity (Wildman–Crippen MR) is 65.3 cm³/mol. The largest absolute Gasteiger partial charge is 0.395 e. The second-order valence-electron chi connectivity index (χ2n) is 3.96. The van der Waals surface area contributed by atoms with Gasteiger partial charge in [-0.1, -0.05) is 13.3 Å². The highest BCUT2D eigenvalue weighted by Crippen LogP contribution is 2.25. The van der Waals surface area contributed by atoms with Gasteiger partial charge in [-0.3, -0.25) is 0 Å². The molecule has 0 atom stereocenters. The van der Waals surface area contributed by atoms with Gasteiger partial charge in [-0.05, 0) is 18.6 Å². The van der Waals surface area contributed by atoms with Gasteiger partial charge in [-0.25, -0.2) is 8.78 Å². The summed E-state index contributed by atoms with van der Waals surface area (Å²) < 4.78 is 27.6. The molecule has 1 rings (SSSR count). The Kier molecular flexibility index (Phi) is 5.53. The fourth-order valence-electron chi connectivity index (χ4n) is 1.74. The van der Waals surface area contributed by atoms with Gasteiger partial charge in [-0.15, -0.1) is 0 Å². The van der Waals surface area contributed by atoms with E-state index < -0.39 is 11.6 Å². The molecule has 0 fully saturated rings. The molecule has 0 aromatic heterocycles. The van der Waals surface area contributed by atoms with E-state index >= 15 is 0 Å². The van der Waals surface area contributed by atoms with E-state index in [9.17, 15) is 8.78 Å². The first kappa shape index (κ1) is 14.4. The van der Waals surface area contributed by atoms with Crippen molar-refractivity contribution in [2.24, 2.45) is 0 Å². The lowest BCUT2D eigenvalue weighted by atomic mass is 10.1. The minimum Gasteiger partial charge on any atom is -0.395 e. The Balaban J connectivity index is 3.07. The topological polar surface area (TPSA) is 47.3 Å². The van der Waals surface area contributed by atoms with E-state index in [2.05, 4.69) is 0 Å². The molecule has 0 radical (unpaired) electrons. The zero-order valence-corrected chi connectivity index (χ0v) is 10.3. The maximum Gasteiger partial charge on any atom is 0.150 e. The number of aliphatic hydroxyl groups is 1. The van der Waals surface area contributed by atoms with Crippen LogP contribution in [0.5, 0.6) is 0 Å². The van der Waals surface area contributed by atoms with Crippen molar-refractivity contribution in [3.05, 3.63) is 29.3 Å². The van der Waals surface area contributed by atoms with Crippen molar-refractivity contribution in [1.82, 2.24) is 0 Å². The third-order valence-corrected chi connectivity index (χ3v) is 2.61. The number of aliphatic hydroxyl groups excluding tert-OH is 1. The van der Waals surface area contributed by atoms with Crippen LogP contribution in [0.25, 0.3) is 0 Å². The number of benzene rings is 1. The first-order chi connectivity index (χ1) is 8.63. The summed E-state index contributed by atoms with van der Waals surface area (Å²) in [5.74, 6) is -1.53. The number of halogens is 2. The van der Waals surface area contributed by atoms with Crippen LogP contribution >= 0.6 is 0 Å². The molecule has 0 saturated heterocycles. The van der Waals surface area contributed by atoms with Gasteiger partial charge < -0.3 is 10.0 Å². The monoisotopic (exact) mass is 254 g/mol. The van der Waals surface area contributed by atoms with Crippen molar-refractivity contribution in [3.8, 4) is 6.07 Å². The number of anilines is 1. The molecule has 0 aliphatic rings. The molecule has 98 valence electrons. The lowest BCUT2D eigenvalue weighted by Gasteiger charge is -2.24. The molecule has 18 heavy (non-hydrogen) atoms. The smallest absolute Gasteiger partial charge is 0.150 e. The number of nitrogens with zero attached hydrogens (tertiary/aromatic N) is 2. The number of hydrogen-bond acceptors (Lipinski definition) is 3. The molecule has 0 aliphatic heterocycles. The van der Waals surface area contributed by atoms with E-state index in [0.717, 1.165) is 25.0 Å². The molecule has 5 heteroatoms. The average molecular weight is 254 g/mol. The van der Waals surface area contributed by atoms with Crippen LogP contribution in [-0.2, 0) is 0 Å². The Morgan fingerprint density at radius 2 is 1.89 bits per heavy atom. The normalized spacial score (nSPS) is 10.2. The summed E-state index contributed by atoms with van der Waals surface area (Å²) in [5, 5.41) is 17.6. The molecular weight excluding hydrogens is 238 g/mol. The van der Waals surface area contributed by atoms with Gasteiger partial charge in [0.25, 0.3) is 0 Å². The summed E-state index contributed by atoms with van der Waals surface area (Å²) in [6.45, 7) is 2.43. The molecular formula is C13H16F2N2O. The lowest BCUT2D eigenvalue weighted by molar-refractivity contribution is 0.300. The molecule has 3 nitrogen and oxygen atoms in total. The summed E-state index contributed by atoms with van der Waals surface area (Å²) in [4.78, 5) is 1.47. The molecule has 0 unspecified atom stereocenters. The summed E-state index contributed by atoms with van der Waals surface area (Å²) in [6, 6.07) is 3.72. The molecule has 0 bridgehead atoms. The van der Waals surface area contributed by atoms with Gasteiger partial charge in [0.05, 0.1) is 18.2 Å². The fourth-order valence-corrected chi connectivity index (χ4v) is 1.74. The van der Waals surface area contributed by atoms with Crippen LogP contribution in [0.4, 0.5) is 14.5 Å². The number of unbranched alkanes of at least 4 members (excludes halogenated alkanes) is 1. The summed E-state index contributed by atoms with van der Waals surface area (Å²) in [6.07, 6.45) is 1.67.